The van der Waals surface area contributed by atoms with E-state index in [-0.39, 0.29) is 6.03 Å². The summed E-state index contributed by atoms with van der Waals surface area (Å²) in [5.74, 6) is 5.55. The van der Waals surface area contributed by atoms with Crippen LogP contribution in [-0.2, 0) is 6.54 Å². The third-order valence-electron chi connectivity index (χ3n) is 2.36. The molecule has 2 heterocycles. The summed E-state index contributed by atoms with van der Waals surface area (Å²) in [5, 5.41) is 4.28. The quantitative estimate of drug-likeness (QED) is 0.603. The van der Waals surface area contributed by atoms with Gasteiger partial charge in [0.05, 0.1) is 17.2 Å². The lowest BCUT2D eigenvalue weighted by Gasteiger charge is -2.32. The van der Waals surface area contributed by atoms with Gasteiger partial charge in [0.15, 0.2) is 0 Å². The molecule has 1 aliphatic rings. The Hall–Kier alpha value is -1.14. The van der Waals surface area contributed by atoms with Crippen LogP contribution in [0.15, 0.2) is 5.38 Å². The summed E-state index contributed by atoms with van der Waals surface area (Å²) in [4.78, 5) is 17.7. The van der Waals surface area contributed by atoms with Gasteiger partial charge in [0.25, 0.3) is 0 Å². The van der Waals surface area contributed by atoms with Gasteiger partial charge in [-0.15, -0.1) is 11.3 Å². The van der Waals surface area contributed by atoms with E-state index in [1.807, 2.05) is 12.3 Å². The van der Waals surface area contributed by atoms with E-state index < -0.39 is 0 Å². The second-order valence-electron chi connectivity index (χ2n) is 3.61. The number of carbonyl (C=O) groups is 1. The number of nitrogens with zero attached hydrogens (tertiary/aromatic N) is 3. The lowest BCUT2D eigenvalue weighted by atomic mass is 10.3. The van der Waals surface area contributed by atoms with E-state index in [0.717, 1.165) is 23.7 Å². The molecule has 1 fully saturated rings. The molecule has 6 heteroatoms. The molecule has 0 unspecified atom stereocenters. The van der Waals surface area contributed by atoms with Crippen molar-refractivity contribution in [1.29, 1.82) is 0 Å². The van der Waals surface area contributed by atoms with E-state index in [1.165, 1.54) is 5.01 Å². The minimum absolute atomic E-state index is 0.105. The number of aromatic nitrogens is 1. The Morgan fingerprint density at radius 1 is 1.60 bits per heavy atom. The average molecular weight is 226 g/mol. The van der Waals surface area contributed by atoms with Gasteiger partial charge in [0.2, 0.25) is 0 Å². The van der Waals surface area contributed by atoms with Gasteiger partial charge in [-0.2, -0.15) is 0 Å². The van der Waals surface area contributed by atoms with E-state index >= 15 is 0 Å². The number of aryl methyl sites for hydroxylation is 1. The Balaban J connectivity index is 2.02. The van der Waals surface area contributed by atoms with Crippen molar-refractivity contribution in [3.8, 4) is 0 Å². The van der Waals surface area contributed by atoms with Gasteiger partial charge in [0, 0.05) is 18.5 Å². The van der Waals surface area contributed by atoms with E-state index in [2.05, 4.69) is 4.98 Å². The second-order valence-corrected chi connectivity index (χ2v) is 4.67. The first kappa shape index (κ1) is 10.4. The number of carbonyl (C=O) groups excluding carboxylic acids is 1. The number of thiazole rings is 1. The topological polar surface area (TPSA) is 62.5 Å². The van der Waals surface area contributed by atoms with Crippen molar-refractivity contribution in [3.05, 3.63) is 16.1 Å². The first-order valence-electron chi connectivity index (χ1n) is 4.89. The summed E-state index contributed by atoms with van der Waals surface area (Å²) in [5.41, 5.74) is 0.946. The summed E-state index contributed by atoms with van der Waals surface area (Å²) in [6, 6.07) is -0.105. The Bertz CT molecular complexity index is 365. The molecule has 1 saturated heterocycles. The first-order valence-corrected chi connectivity index (χ1v) is 5.77. The zero-order valence-electron chi connectivity index (χ0n) is 8.64. The summed E-state index contributed by atoms with van der Waals surface area (Å²) in [6.07, 6.45) is 0.922. The van der Waals surface area contributed by atoms with Gasteiger partial charge in [-0.05, 0) is 13.3 Å². The Morgan fingerprint density at radius 2 is 2.40 bits per heavy atom. The molecule has 0 bridgehead atoms. The maximum atomic E-state index is 11.6. The fourth-order valence-electron chi connectivity index (χ4n) is 1.63. The van der Waals surface area contributed by atoms with Gasteiger partial charge >= 0.3 is 6.03 Å². The monoisotopic (exact) mass is 226 g/mol. The van der Waals surface area contributed by atoms with Crippen molar-refractivity contribution < 1.29 is 4.79 Å². The summed E-state index contributed by atoms with van der Waals surface area (Å²) in [7, 11) is 0. The first-order chi connectivity index (χ1) is 7.16. The van der Waals surface area contributed by atoms with E-state index in [4.69, 9.17) is 5.84 Å². The highest BCUT2D eigenvalue weighted by atomic mass is 32.1. The number of urea groups is 1. The maximum absolute atomic E-state index is 11.6. The number of rotatable bonds is 2. The number of hydrogen-bond acceptors (Lipinski definition) is 4. The van der Waals surface area contributed by atoms with Gasteiger partial charge in [-0.3, -0.25) is 5.01 Å². The van der Waals surface area contributed by atoms with Crippen molar-refractivity contribution in [2.75, 3.05) is 13.1 Å². The molecule has 0 aromatic carbocycles. The van der Waals surface area contributed by atoms with Crippen molar-refractivity contribution in [2.24, 2.45) is 5.84 Å². The second kappa shape index (κ2) is 4.16. The lowest BCUT2D eigenvalue weighted by Crippen LogP contribution is -2.52. The molecule has 0 radical (unpaired) electrons. The SMILES string of the molecule is Cc1nc(CN2CCCN(N)C2=O)cs1. The average Bonchev–Trinajstić information content (AvgIpc) is 2.59. The third-order valence-corrected chi connectivity index (χ3v) is 3.19. The van der Waals surface area contributed by atoms with Crippen LogP contribution in [-0.4, -0.2) is 34.0 Å². The molecule has 1 aliphatic heterocycles. The molecule has 0 atom stereocenters. The largest absolute Gasteiger partial charge is 0.334 e. The van der Waals surface area contributed by atoms with Crippen molar-refractivity contribution in [2.45, 2.75) is 19.9 Å². The molecular formula is C9H14N4OS. The molecule has 82 valence electrons. The molecule has 2 N–H and O–H groups in total. The van der Waals surface area contributed by atoms with E-state index in [0.29, 0.717) is 13.1 Å². The number of hydrogen-bond donors (Lipinski definition) is 1. The van der Waals surface area contributed by atoms with Crippen LogP contribution >= 0.6 is 11.3 Å². The number of amides is 2. The number of nitrogens with two attached hydrogens (primary N) is 1. The zero-order chi connectivity index (χ0) is 10.8. The van der Waals surface area contributed by atoms with Crippen LogP contribution in [0, 0.1) is 6.92 Å². The summed E-state index contributed by atoms with van der Waals surface area (Å²) >= 11 is 1.60. The van der Waals surface area contributed by atoms with Crippen molar-refractivity contribution in [1.82, 2.24) is 14.9 Å². The molecule has 2 rings (SSSR count). The Labute approximate surface area is 92.5 Å². The van der Waals surface area contributed by atoms with Crippen LogP contribution in [0.5, 0.6) is 0 Å². The minimum Gasteiger partial charge on any atom is -0.318 e. The maximum Gasteiger partial charge on any atom is 0.334 e. The van der Waals surface area contributed by atoms with Crippen LogP contribution in [0.4, 0.5) is 4.79 Å². The van der Waals surface area contributed by atoms with Gasteiger partial charge in [-0.25, -0.2) is 15.6 Å². The highest BCUT2D eigenvalue weighted by Crippen LogP contribution is 2.13. The van der Waals surface area contributed by atoms with Crippen LogP contribution in [0.3, 0.4) is 0 Å². The van der Waals surface area contributed by atoms with Crippen molar-refractivity contribution >= 4 is 17.4 Å². The van der Waals surface area contributed by atoms with Gasteiger partial charge < -0.3 is 4.90 Å². The molecule has 1 aromatic heterocycles. The van der Waals surface area contributed by atoms with Crippen LogP contribution in [0.2, 0.25) is 0 Å². The van der Waals surface area contributed by atoms with Crippen LogP contribution < -0.4 is 5.84 Å². The predicted octanol–water partition coefficient (Wildman–Crippen LogP) is 0.953. The fourth-order valence-corrected chi connectivity index (χ4v) is 2.23. The van der Waals surface area contributed by atoms with E-state index in [9.17, 15) is 4.79 Å². The summed E-state index contributed by atoms with van der Waals surface area (Å²) < 4.78 is 0. The minimum atomic E-state index is -0.105. The zero-order valence-corrected chi connectivity index (χ0v) is 9.46. The van der Waals surface area contributed by atoms with Gasteiger partial charge in [-0.1, -0.05) is 0 Å². The molecule has 1 aromatic rings. The normalized spacial score (nSPS) is 17.3. The van der Waals surface area contributed by atoms with Gasteiger partial charge in [0.1, 0.15) is 0 Å². The third kappa shape index (κ3) is 2.27. The Kier molecular flexibility index (Phi) is 2.88. The van der Waals surface area contributed by atoms with Crippen LogP contribution in [0.25, 0.3) is 0 Å². The Morgan fingerprint density at radius 3 is 3.07 bits per heavy atom. The molecule has 5 nitrogen and oxygen atoms in total. The molecule has 0 saturated carbocycles. The predicted molar refractivity (Wildman–Crippen MR) is 58.2 cm³/mol. The lowest BCUT2D eigenvalue weighted by molar-refractivity contribution is 0.126. The molecule has 2 amide bonds. The number of hydrazine groups is 1. The molecule has 0 spiro atoms. The van der Waals surface area contributed by atoms with Crippen molar-refractivity contribution in [3.63, 3.8) is 0 Å². The molecule has 0 aliphatic carbocycles. The smallest absolute Gasteiger partial charge is 0.318 e. The van der Waals surface area contributed by atoms with E-state index in [1.54, 1.807) is 16.2 Å². The highest BCUT2D eigenvalue weighted by molar-refractivity contribution is 7.09. The highest BCUT2D eigenvalue weighted by Gasteiger charge is 2.23. The van der Waals surface area contributed by atoms with Crippen LogP contribution in [0.1, 0.15) is 17.1 Å². The molecule has 15 heavy (non-hydrogen) atoms. The summed E-state index contributed by atoms with van der Waals surface area (Å²) in [6.45, 7) is 3.94. The molecular weight excluding hydrogens is 212 g/mol. The fraction of sp³-hybridized carbons (Fsp3) is 0.556. The standard InChI is InChI=1S/C9H14N4OS/c1-7-11-8(6-15-7)5-12-3-2-4-13(10)9(12)14/h6H,2-5,10H2,1H3.